The zero-order valence-corrected chi connectivity index (χ0v) is 8.44. The molecule has 0 aliphatic carbocycles. The minimum absolute atomic E-state index is 0.275. The largest absolute Gasteiger partial charge is 0.345 e. The van der Waals surface area contributed by atoms with E-state index in [0.717, 1.165) is 0 Å². The van der Waals surface area contributed by atoms with E-state index in [1.54, 1.807) is 18.2 Å². The van der Waals surface area contributed by atoms with E-state index in [1.165, 1.54) is 6.07 Å². The van der Waals surface area contributed by atoms with Crippen molar-refractivity contribution in [2.75, 3.05) is 0 Å². The highest BCUT2D eigenvalue weighted by molar-refractivity contribution is 9.14. The van der Waals surface area contributed by atoms with Crippen molar-refractivity contribution in [3.8, 4) is 0 Å². The molecular formula is C8H6BrFOS. The van der Waals surface area contributed by atoms with Gasteiger partial charge in [0.2, 0.25) is 0 Å². The summed E-state index contributed by atoms with van der Waals surface area (Å²) in [5, 5.41) is 0. The zero-order chi connectivity index (χ0) is 8.72. The number of benzene rings is 1. The Balaban J connectivity index is 2.64. The van der Waals surface area contributed by atoms with Crippen molar-refractivity contribution in [2.24, 2.45) is 0 Å². The molecule has 1 aliphatic heterocycles. The van der Waals surface area contributed by atoms with Crippen molar-refractivity contribution in [1.82, 2.24) is 0 Å². The van der Waals surface area contributed by atoms with E-state index < -0.39 is 11.2 Å². The van der Waals surface area contributed by atoms with E-state index in [1.807, 2.05) is 0 Å². The summed E-state index contributed by atoms with van der Waals surface area (Å²) in [5.41, 5.74) is 0.512. The van der Waals surface area contributed by atoms with Crippen LogP contribution < -0.4 is 0 Å². The van der Waals surface area contributed by atoms with Crippen LogP contribution in [0.4, 0.5) is 4.39 Å². The summed E-state index contributed by atoms with van der Waals surface area (Å²) in [6, 6.07) is 4.75. The number of halogens is 2. The summed E-state index contributed by atoms with van der Waals surface area (Å²) in [5.74, 6) is -0.275. The second-order valence-electron chi connectivity index (χ2n) is 2.45. The van der Waals surface area contributed by atoms with E-state index in [-0.39, 0.29) is 5.82 Å². The minimum atomic E-state index is -1.32. The molecule has 1 N–H and O–H groups in total. The van der Waals surface area contributed by atoms with Crippen LogP contribution in [0.5, 0.6) is 0 Å². The molecule has 64 valence electrons. The molecule has 0 saturated heterocycles. The normalized spacial score (nSPS) is 23.6. The van der Waals surface area contributed by atoms with Crippen LogP contribution in [-0.2, 0) is 0 Å². The summed E-state index contributed by atoms with van der Waals surface area (Å²) < 4.78 is 23.3. The van der Waals surface area contributed by atoms with Crippen molar-refractivity contribution in [3.63, 3.8) is 0 Å². The van der Waals surface area contributed by atoms with Crippen molar-refractivity contribution < 1.29 is 8.94 Å². The number of thiol groups is 1. The van der Waals surface area contributed by atoms with E-state index in [0.29, 0.717) is 14.3 Å². The maximum absolute atomic E-state index is 13.1. The van der Waals surface area contributed by atoms with Gasteiger partial charge in [0.1, 0.15) is 5.82 Å². The molecule has 1 aromatic rings. The van der Waals surface area contributed by atoms with Crippen molar-refractivity contribution in [3.05, 3.63) is 33.4 Å². The molecular weight excluding hydrogens is 243 g/mol. The summed E-state index contributed by atoms with van der Waals surface area (Å²) in [6.07, 6.45) is 1.64. The zero-order valence-electron chi connectivity index (χ0n) is 5.96. The summed E-state index contributed by atoms with van der Waals surface area (Å²) >= 11 is 1.87. The summed E-state index contributed by atoms with van der Waals surface area (Å²) in [4.78, 5) is 0.692. The van der Waals surface area contributed by atoms with E-state index >= 15 is 0 Å². The minimum Gasteiger partial charge on any atom is -0.345 e. The molecule has 0 amide bonds. The molecule has 1 atom stereocenters. The third-order valence-corrected chi connectivity index (χ3v) is 4.34. The lowest BCUT2D eigenvalue weighted by molar-refractivity contribution is 0.618. The second-order valence-corrected chi connectivity index (χ2v) is 5.51. The Morgan fingerprint density at radius 2 is 2.17 bits per heavy atom. The lowest BCUT2D eigenvalue weighted by Gasteiger charge is -2.08. The summed E-state index contributed by atoms with van der Waals surface area (Å²) in [7, 11) is 0. The van der Waals surface area contributed by atoms with Gasteiger partial charge in [-0.2, -0.15) is 0 Å². The predicted molar refractivity (Wildman–Crippen MR) is 53.2 cm³/mol. The Kier molecular flexibility index (Phi) is 1.98. The van der Waals surface area contributed by atoms with Crippen LogP contribution >= 0.6 is 27.1 Å². The molecule has 0 radical (unpaired) electrons. The maximum atomic E-state index is 13.1. The van der Waals surface area contributed by atoms with Gasteiger partial charge in [0.05, 0.1) is 3.81 Å². The third kappa shape index (κ3) is 1.11. The lowest BCUT2D eigenvalue weighted by Crippen LogP contribution is -1.83. The van der Waals surface area contributed by atoms with Crippen LogP contribution in [0, 0.1) is 5.82 Å². The van der Waals surface area contributed by atoms with Crippen LogP contribution in [0.3, 0.4) is 0 Å². The smallest absolute Gasteiger partial charge is 0.131 e. The summed E-state index contributed by atoms with van der Waals surface area (Å²) in [6.45, 7) is 0. The van der Waals surface area contributed by atoms with Gasteiger partial charge in [-0.1, -0.05) is 17.2 Å². The maximum Gasteiger partial charge on any atom is 0.131 e. The average molecular weight is 249 g/mol. The van der Waals surface area contributed by atoms with Crippen LogP contribution in [-0.4, -0.2) is 4.55 Å². The Labute approximate surface area is 80.6 Å². The molecule has 0 saturated carbocycles. The Morgan fingerprint density at radius 3 is 2.83 bits per heavy atom. The molecule has 1 nitrogen and oxygen atoms in total. The predicted octanol–water partition coefficient (Wildman–Crippen LogP) is 3.37. The molecule has 0 aromatic heterocycles. The molecule has 1 unspecified atom stereocenters. The number of hydrogen-bond donors (Lipinski definition) is 2. The highest BCUT2D eigenvalue weighted by Crippen LogP contribution is 2.52. The Morgan fingerprint density at radius 1 is 1.42 bits per heavy atom. The number of hydrogen-bond acceptors (Lipinski definition) is 1. The van der Waals surface area contributed by atoms with E-state index in [9.17, 15) is 8.94 Å². The Bertz CT molecular complexity index is 364. The highest BCUT2D eigenvalue weighted by atomic mass is 79.9. The van der Waals surface area contributed by atoms with Gasteiger partial charge in [-0.25, -0.2) is 4.39 Å². The third-order valence-electron chi connectivity index (χ3n) is 1.72. The molecule has 0 bridgehead atoms. The molecule has 1 aliphatic rings. The number of fused-ring (bicyclic) bond motifs is 1. The lowest BCUT2D eigenvalue weighted by atomic mass is 10.2. The second kappa shape index (κ2) is 2.87. The molecule has 4 heteroatoms. The highest BCUT2D eigenvalue weighted by Gasteiger charge is 2.20. The fraction of sp³-hybridized carbons (Fsp3) is 0. The van der Waals surface area contributed by atoms with Crippen molar-refractivity contribution in [1.29, 1.82) is 0 Å². The van der Waals surface area contributed by atoms with Crippen LogP contribution in [0.1, 0.15) is 5.56 Å². The molecule has 2 rings (SSSR count). The van der Waals surface area contributed by atoms with Gasteiger partial charge in [-0.15, -0.1) is 0 Å². The average Bonchev–Trinajstić information content (AvgIpc) is 2.32. The van der Waals surface area contributed by atoms with Crippen LogP contribution in [0.2, 0.25) is 0 Å². The quantitative estimate of drug-likeness (QED) is 0.675. The first-order valence-electron chi connectivity index (χ1n) is 3.35. The molecule has 1 heterocycles. The molecule has 0 fully saturated rings. The van der Waals surface area contributed by atoms with Gasteiger partial charge < -0.3 is 4.55 Å². The van der Waals surface area contributed by atoms with E-state index in [2.05, 4.69) is 15.9 Å². The van der Waals surface area contributed by atoms with Gasteiger partial charge in [0.25, 0.3) is 0 Å². The van der Waals surface area contributed by atoms with Gasteiger partial charge in [-0.05, 0) is 34.1 Å². The first-order chi connectivity index (χ1) is 5.70. The van der Waals surface area contributed by atoms with Gasteiger partial charge >= 0.3 is 0 Å². The first kappa shape index (κ1) is 8.29. The fourth-order valence-corrected chi connectivity index (χ4v) is 3.06. The van der Waals surface area contributed by atoms with Gasteiger partial charge in [0, 0.05) is 10.5 Å². The topological polar surface area (TPSA) is 20.2 Å². The van der Waals surface area contributed by atoms with Crippen molar-refractivity contribution in [2.45, 2.75) is 4.90 Å². The Hall–Kier alpha value is -0.320. The number of rotatable bonds is 0. The van der Waals surface area contributed by atoms with Crippen LogP contribution in [0.25, 0.3) is 6.08 Å². The first-order valence-corrected chi connectivity index (χ1v) is 5.43. The molecule has 1 aromatic carbocycles. The van der Waals surface area contributed by atoms with Crippen molar-refractivity contribution >= 4 is 33.2 Å². The van der Waals surface area contributed by atoms with E-state index in [4.69, 9.17) is 0 Å². The van der Waals surface area contributed by atoms with Gasteiger partial charge in [0.15, 0.2) is 0 Å². The standard InChI is InChI=1S/C8H6BrFOS/c9-8-4-5-6(10)2-1-3-7(5)12(8)11/h1-4,11-12H. The molecule has 12 heavy (non-hydrogen) atoms. The van der Waals surface area contributed by atoms with Crippen LogP contribution in [0.15, 0.2) is 26.9 Å². The van der Waals surface area contributed by atoms with Gasteiger partial charge in [-0.3, -0.25) is 0 Å². The SMILES string of the molecule is O[SH]1C(Br)=Cc2c(F)cccc21. The monoisotopic (exact) mass is 248 g/mol. The fourth-order valence-electron chi connectivity index (χ4n) is 1.15. The molecule has 0 spiro atoms.